The van der Waals surface area contributed by atoms with Crippen molar-refractivity contribution in [2.45, 2.75) is 10.2 Å². The van der Waals surface area contributed by atoms with Crippen LogP contribution >= 0.6 is 11.8 Å². The fourth-order valence-corrected chi connectivity index (χ4v) is 3.37. The molecule has 0 amide bonds. The van der Waals surface area contributed by atoms with Crippen LogP contribution in [0.5, 0.6) is 0 Å². The number of benzene rings is 1. The molecule has 5 rings (SSSR count). The van der Waals surface area contributed by atoms with Gasteiger partial charge in [0.15, 0.2) is 0 Å². The van der Waals surface area contributed by atoms with Crippen LogP contribution in [0.15, 0.2) is 75.9 Å². The molecule has 0 aliphatic heterocycles. The first-order valence-corrected chi connectivity index (χ1v) is 8.96. The summed E-state index contributed by atoms with van der Waals surface area (Å²) in [6.45, 7) is 0. The maximum absolute atomic E-state index is 13.6. The summed E-state index contributed by atoms with van der Waals surface area (Å²) < 4.78 is 20.9. The van der Waals surface area contributed by atoms with Crippen LogP contribution in [0.4, 0.5) is 4.39 Å². The van der Waals surface area contributed by atoms with Crippen molar-refractivity contribution in [3.8, 4) is 22.7 Å². The predicted molar refractivity (Wildman–Crippen MR) is 97.8 cm³/mol. The second-order valence-electron chi connectivity index (χ2n) is 5.68. The van der Waals surface area contributed by atoms with Crippen LogP contribution in [0, 0.1) is 5.82 Å². The number of nitrogens with zero attached hydrogens (tertiary/aromatic N) is 7. The van der Waals surface area contributed by atoms with E-state index in [9.17, 15) is 4.39 Å². The largest absolute Gasteiger partial charge is 0.411 e. The summed E-state index contributed by atoms with van der Waals surface area (Å²) in [5.74, 6) is 0.411. The first-order chi connectivity index (χ1) is 13.8. The van der Waals surface area contributed by atoms with Crippen molar-refractivity contribution in [2.24, 2.45) is 0 Å². The third-order valence-electron chi connectivity index (χ3n) is 3.85. The van der Waals surface area contributed by atoms with Crippen LogP contribution in [0.1, 0.15) is 0 Å². The molecule has 0 spiro atoms. The quantitative estimate of drug-likeness (QED) is 0.430. The lowest BCUT2D eigenvalue weighted by molar-refractivity contribution is 0.465. The minimum absolute atomic E-state index is 0.326. The van der Waals surface area contributed by atoms with E-state index in [4.69, 9.17) is 4.42 Å². The van der Waals surface area contributed by atoms with E-state index >= 15 is 0 Å². The average molecular weight is 391 g/mol. The third-order valence-corrected chi connectivity index (χ3v) is 4.69. The van der Waals surface area contributed by atoms with Crippen molar-refractivity contribution in [1.82, 2.24) is 34.8 Å². The smallest absolute Gasteiger partial charge is 0.283 e. The Kier molecular flexibility index (Phi) is 4.02. The molecule has 4 heterocycles. The van der Waals surface area contributed by atoms with Crippen molar-refractivity contribution >= 4 is 17.5 Å². The Morgan fingerprint density at radius 3 is 2.82 bits per heavy atom. The van der Waals surface area contributed by atoms with E-state index in [1.165, 1.54) is 30.2 Å². The summed E-state index contributed by atoms with van der Waals surface area (Å²) in [4.78, 5) is 12.6. The first kappa shape index (κ1) is 16.5. The number of hydrogen-bond acceptors (Lipinski definition) is 8. The predicted octanol–water partition coefficient (Wildman–Crippen LogP) is 3.53. The normalized spacial score (nSPS) is 11.2. The van der Waals surface area contributed by atoms with Crippen LogP contribution < -0.4 is 0 Å². The summed E-state index contributed by atoms with van der Waals surface area (Å²) in [7, 11) is 0. The first-order valence-electron chi connectivity index (χ1n) is 8.15. The summed E-state index contributed by atoms with van der Waals surface area (Å²) >= 11 is 1.22. The highest BCUT2D eigenvalue weighted by Gasteiger charge is 2.15. The van der Waals surface area contributed by atoms with E-state index in [-0.39, 0.29) is 5.82 Å². The van der Waals surface area contributed by atoms with Gasteiger partial charge in [0, 0.05) is 18.0 Å². The number of rotatable bonds is 4. The Balaban J connectivity index is 1.54. The van der Waals surface area contributed by atoms with Gasteiger partial charge in [0.25, 0.3) is 11.0 Å². The molecular formula is C18H10FN7OS. The molecule has 10 heteroatoms. The van der Waals surface area contributed by atoms with E-state index < -0.39 is 0 Å². The van der Waals surface area contributed by atoms with Gasteiger partial charge in [-0.15, -0.1) is 10.2 Å². The molecule has 5 aromatic rings. The number of aromatic nitrogens is 7. The maximum atomic E-state index is 13.6. The monoisotopic (exact) mass is 391 g/mol. The van der Waals surface area contributed by atoms with Crippen LogP contribution in [0.3, 0.4) is 0 Å². The van der Waals surface area contributed by atoms with Crippen molar-refractivity contribution in [3.05, 3.63) is 67.0 Å². The zero-order valence-electron chi connectivity index (χ0n) is 14.1. The molecule has 0 fully saturated rings. The molecule has 0 aliphatic carbocycles. The number of pyridine rings is 1. The van der Waals surface area contributed by atoms with Gasteiger partial charge in [0.05, 0.1) is 11.3 Å². The minimum Gasteiger partial charge on any atom is -0.411 e. The summed E-state index contributed by atoms with van der Waals surface area (Å²) in [6, 6.07) is 11.6. The van der Waals surface area contributed by atoms with Crippen LogP contribution in [0.2, 0.25) is 0 Å². The number of halogens is 1. The molecule has 1 aromatic carbocycles. The Bertz CT molecular complexity index is 1270. The van der Waals surface area contributed by atoms with Crippen molar-refractivity contribution < 1.29 is 8.81 Å². The van der Waals surface area contributed by atoms with Gasteiger partial charge >= 0.3 is 0 Å². The van der Waals surface area contributed by atoms with Gasteiger partial charge < -0.3 is 4.42 Å². The highest BCUT2D eigenvalue weighted by atomic mass is 32.2. The van der Waals surface area contributed by atoms with Crippen molar-refractivity contribution in [3.63, 3.8) is 0 Å². The molecule has 0 saturated heterocycles. The Morgan fingerprint density at radius 2 is 1.96 bits per heavy atom. The van der Waals surface area contributed by atoms with E-state index in [1.54, 1.807) is 41.2 Å². The van der Waals surface area contributed by atoms with Crippen molar-refractivity contribution in [1.29, 1.82) is 0 Å². The molecule has 0 unspecified atom stereocenters. The lowest BCUT2D eigenvalue weighted by Gasteiger charge is -2.05. The zero-order chi connectivity index (χ0) is 18.9. The molecule has 0 radical (unpaired) electrons. The van der Waals surface area contributed by atoms with Crippen LogP contribution in [0.25, 0.3) is 28.5 Å². The molecule has 136 valence electrons. The second-order valence-corrected chi connectivity index (χ2v) is 6.65. The van der Waals surface area contributed by atoms with E-state index in [0.717, 1.165) is 5.56 Å². The molecule has 0 saturated carbocycles. The highest BCUT2D eigenvalue weighted by molar-refractivity contribution is 7.99. The Hall–Kier alpha value is -3.66. The third kappa shape index (κ3) is 3.09. The van der Waals surface area contributed by atoms with Gasteiger partial charge in [-0.05, 0) is 42.1 Å². The van der Waals surface area contributed by atoms with Gasteiger partial charge in [0.2, 0.25) is 5.89 Å². The average Bonchev–Trinajstić information content (AvgIpc) is 3.38. The van der Waals surface area contributed by atoms with Gasteiger partial charge in [-0.25, -0.2) is 9.37 Å². The fourth-order valence-electron chi connectivity index (χ4n) is 2.60. The number of fused-ring (bicyclic) bond motifs is 1. The lowest BCUT2D eigenvalue weighted by atomic mass is 10.1. The summed E-state index contributed by atoms with van der Waals surface area (Å²) in [5, 5.41) is 13.3. The van der Waals surface area contributed by atoms with E-state index in [1.807, 2.05) is 6.07 Å². The van der Waals surface area contributed by atoms with Gasteiger partial charge in [-0.2, -0.15) is 14.6 Å². The SMILES string of the molecule is Fc1cccc(-c2cc(Sc3nnc(-c4cccnc4)o3)n3ncnc3n2)c1. The molecular weight excluding hydrogens is 381 g/mol. The topological polar surface area (TPSA) is 94.9 Å². The Labute approximate surface area is 161 Å². The fraction of sp³-hybridized carbons (Fsp3) is 0. The van der Waals surface area contributed by atoms with E-state index in [0.29, 0.717) is 33.2 Å². The molecule has 8 nitrogen and oxygen atoms in total. The molecule has 0 aliphatic rings. The highest BCUT2D eigenvalue weighted by Crippen LogP contribution is 2.31. The minimum atomic E-state index is -0.340. The zero-order valence-corrected chi connectivity index (χ0v) is 14.9. The second kappa shape index (κ2) is 6.82. The van der Waals surface area contributed by atoms with Gasteiger partial charge in [-0.3, -0.25) is 4.98 Å². The molecule has 0 bridgehead atoms. The molecule has 0 atom stereocenters. The van der Waals surface area contributed by atoms with Crippen LogP contribution in [-0.2, 0) is 0 Å². The number of hydrogen-bond donors (Lipinski definition) is 0. The summed E-state index contributed by atoms with van der Waals surface area (Å²) in [6.07, 6.45) is 4.71. The maximum Gasteiger partial charge on any atom is 0.283 e. The van der Waals surface area contributed by atoms with Crippen LogP contribution in [-0.4, -0.2) is 34.8 Å². The molecule has 4 aromatic heterocycles. The summed E-state index contributed by atoms with van der Waals surface area (Å²) in [5.41, 5.74) is 1.92. The van der Waals surface area contributed by atoms with Gasteiger partial charge in [0.1, 0.15) is 17.2 Å². The molecule has 0 N–H and O–H groups in total. The van der Waals surface area contributed by atoms with E-state index in [2.05, 4.69) is 30.2 Å². The lowest BCUT2D eigenvalue weighted by Crippen LogP contribution is -1.97. The Morgan fingerprint density at radius 1 is 1.04 bits per heavy atom. The van der Waals surface area contributed by atoms with Crippen molar-refractivity contribution in [2.75, 3.05) is 0 Å². The standard InChI is InChI=1S/C18H10FN7OS/c19-13-5-1-3-11(7-13)14-8-15(26-17(23-14)21-10-22-26)28-18-25-24-16(27-18)12-4-2-6-20-9-12/h1-10H. The van der Waals surface area contributed by atoms with Gasteiger partial charge in [-0.1, -0.05) is 12.1 Å². The molecule has 28 heavy (non-hydrogen) atoms.